The second kappa shape index (κ2) is 10.7. The fourth-order valence-electron chi connectivity index (χ4n) is 3.56. The van der Waals surface area contributed by atoms with E-state index in [1.54, 1.807) is 25.6 Å². The van der Waals surface area contributed by atoms with Gasteiger partial charge in [0.05, 0.1) is 0 Å². The molecule has 2 nitrogen and oxygen atoms in total. The van der Waals surface area contributed by atoms with Crippen LogP contribution in [0.5, 0.6) is 0 Å². The summed E-state index contributed by atoms with van der Waals surface area (Å²) >= 11 is 4.35. The standard InChI is InChI=1S/C28H34O2S3/c1-13(2)27(29)32-25-19(9)15(5)23(16(6)20(25)10)31-24-17(7)21(11)26(22(12)18(24)8)33-28(30)14(3)4/h1,3H2,2,4-12H3. The quantitative estimate of drug-likeness (QED) is 0.294. The van der Waals surface area contributed by atoms with Crippen LogP contribution in [0.2, 0.25) is 0 Å². The van der Waals surface area contributed by atoms with E-state index < -0.39 is 0 Å². The van der Waals surface area contributed by atoms with Crippen LogP contribution in [-0.2, 0) is 9.59 Å². The van der Waals surface area contributed by atoms with E-state index in [1.165, 1.54) is 55.6 Å². The molecule has 0 saturated carbocycles. The van der Waals surface area contributed by atoms with E-state index >= 15 is 0 Å². The molecule has 0 N–H and O–H groups in total. The van der Waals surface area contributed by atoms with Crippen molar-refractivity contribution in [1.82, 2.24) is 0 Å². The molecule has 0 radical (unpaired) electrons. The first kappa shape index (κ1) is 27.6. The van der Waals surface area contributed by atoms with E-state index in [9.17, 15) is 9.59 Å². The third-order valence-electron chi connectivity index (χ3n) is 6.27. The van der Waals surface area contributed by atoms with Gasteiger partial charge in [-0.2, -0.15) is 0 Å². The van der Waals surface area contributed by atoms with Crippen LogP contribution in [0.4, 0.5) is 0 Å². The summed E-state index contributed by atoms with van der Waals surface area (Å²) in [4.78, 5) is 29.3. The molecule has 0 spiro atoms. The van der Waals surface area contributed by atoms with Gasteiger partial charge in [-0.1, -0.05) is 24.9 Å². The van der Waals surface area contributed by atoms with Crippen molar-refractivity contribution in [3.8, 4) is 0 Å². The maximum atomic E-state index is 12.4. The van der Waals surface area contributed by atoms with Gasteiger partial charge in [0.15, 0.2) is 0 Å². The Kier molecular flexibility index (Phi) is 8.94. The molecule has 0 fully saturated rings. The summed E-state index contributed by atoms with van der Waals surface area (Å²) in [7, 11) is 0. The highest BCUT2D eigenvalue weighted by Gasteiger charge is 2.22. The zero-order valence-electron chi connectivity index (χ0n) is 21.5. The molecule has 0 aromatic heterocycles. The van der Waals surface area contributed by atoms with Crippen molar-refractivity contribution in [2.75, 3.05) is 0 Å². The van der Waals surface area contributed by atoms with Gasteiger partial charge in [0.1, 0.15) is 0 Å². The van der Waals surface area contributed by atoms with E-state index in [1.807, 2.05) is 0 Å². The molecule has 0 unspecified atom stereocenters. The first-order chi connectivity index (χ1) is 15.2. The molecule has 5 heteroatoms. The monoisotopic (exact) mass is 498 g/mol. The zero-order valence-corrected chi connectivity index (χ0v) is 23.9. The van der Waals surface area contributed by atoms with Gasteiger partial charge in [0, 0.05) is 19.6 Å². The Labute approximate surface area is 212 Å². The lowest BCUT2D eigenvalue weighted by molar-refractivity contribution is -0.108. The van der Waals surface area contributed by atoms with Crippen LogP contribution >= 0.6 is 35.3 Å². The maximum Gasteiger partial charge on any atom is 0.219 e. The topological polar surface area (TPSA) is 34.1 Å². The number of thioether (sulfide) groups is 2. The van der Waals surface area contributed by atoms with Crippen molar-refractivity contribution in [1.29, 1.82) is 0 Å². The summed E-state index contributed by atoms with van der Waals surface area (Å²) in [5.41, 5.74) is 10.5. The van der Waals surface area contributed by atoms with Crippen molar-refractivity contribution in [2.45, 2.75) is 88.8 Å². The molecule has 0 saturated heterocycles. The van der Waals surface area contributed by atoms with Crippen molar-refractivity contribution >= 4 is 45.5 Å². The highest BCUT2D eigenvalue weighted by Crippen LogP contribution is 2.46. The molecular weight excluding hydrogens is 465 g/mol. The molecule has 0 aliphatic heterocycles. The van der Waals surface area contributed by atoms with Gasteiger partial charge in [0.25, 0.3) is 0 Å². The minimum Gasteiger partial charge on any atom is -0.282 e. The van der Waals surface area contributed by atoms with Crippen LogP contribution in [0, 0.1) is 55.4 Å². The maximum absolute atomic E-state index is 12.4. The van der Waals surface area contributed by atoms with E-state index in [-0.39, 0.29) is 10.2 Å². The molecule has 0 bridgehead atoms. The van der Waals surface area contributed by atoms with Crippen molar-refractivity contribution in [3.05, 3.63) is 68.8 Å². The SMILES string of the molecule is C=C(C)C(=O)Sc1c(C)c(C)c(Sc2c(C)c(C)c(SC(=O)C(=C)C)c(C)c2C)c(C)c1C. The molecule has 2 aromatic carbocycles. The summed E-state index contributed by atoms with van der Waals surface area (Å²) in [5, 5.41) is 0.0199. The molecule has 176 valence electrons. The van der Waals surface area contributed by atoms with Crippen molar-refractivity contribution < 1.29 is 9.59 Å². The minimum absolute atomic E-state index is 0.00994. The van der Waals surface area contributed by atoms with Crippen LogP contribution in [-0.4, -0.2) is 10.2 Å². The second-order valence-electron chi connectivity index (χ2n) is 8.76. The van der Waals surface area contributed by atoms with E-state index in [4.69, 9.17) is 0 Å². The van der Waals surface area contributed by atoms with Crippen LogP contribution in [0.15, 0.2) is 43.9 Å². The molecule has 2 aromatic rings. The van der Waals surface area contributed by atoms with Crippen LogP contribution < -0.4 is 0 Å². The predicted octanol–water partition coefficient (Wildman–Crippen LogP) is 8.69. The van der Waals surface area contributed by atoms with Gasteiger partial charge >= 0.3 is 0 Å². The number of benzene rings is 2. The largest absolute Gasteiger partial charge is 0.282 e. The van der Waals surface area contributed by atoms with E-state index in [2.05, 4.69) is 68.5 Å². The summed E-state index contributed by atoms with van der Waals surface area (Å²) in [6.07, 6.45) is 0. The molecular formula is C28H34O2S3. The van der Waals surface area contributed by atoms with E-state index in [0.29, 0.717) is 11.1 Å². The average molecular weight is 499 g/mol. The highest BCUT2D eigenvalue weighted by molar-refractivity contribution is 8.14. The molecule has 0 amide bonds. The first-order valence-electron chi connectivity index (χ1n) is 10.8. The number of carbonyl (C=O) groups is 2. The molecule has 0 aliphatic carbocycles. The van der Waals surface area contributed by atoms with Crippen LogP contribution in [0.1, 0.15) is 58.4 Å². The predicted molar refractivity (Wildman–Crippen MR) is 146 cm³/mol. The zero-order chi connectivity index (χ0) is 25.4. The summed E-state index contributed by atoms with van der Waals surface area (Å²) in [6, 6.07) is 0. The smallest absolute Gasteiger partial charge is 0.219 e. The van der Waals surface area contributed by atoms with Crippen LogP contribution in [0.3, 0.4) is 0 Å². The fraction of sp³-hybridized carbons (Fsp3) is 0.357. The van der Waals surface area contributed by atoms with E-state index in [0.717, 1.165) is 32.0 Å². The summed E-state index contributed by atoms with van der Waals surface area (Å²) in [5.74, 6) is 0. The Morgan fingerprint density at radius 2 is 0.697 bits per heavy atom. The number of rotatable bonds is 6. The number of hydrogen-bond donors (Lipinski definition) is 0. The highest BCUT2D eigenvalue weighted by atomic mass is 32.2. The Hall–Kier alpha value is -1.69. The number of hydrogen-bond acceptors (Lipinski definition) is 5. The fourth-order valence-corrected chi connectivity index (χ4v) is 6.93. The van der Waals surface area contributed by atoms with Crippen molar-refractivity contribution in [3.63, 3.8) is 0 Å². The molecule has 0 aliphatic rings. The summed E-state index contributed by atoms with van der Waals surface area (Å²) < 4.78 is 0. The van der Waals surface area contributed by atoms with Crippen LogP contribution in [0.25, 0.3) is 0 Å². The lowest BCUT2D eigenvalue weighted by Crippen LogP contribution is -2.03. The average Bonchev–Trinajstić information content (AvgIpc) is 2.75. The lowest BCUT2D eigenvalue weighted by atomic mass is 10.0. The normalized spacial score (nSPS) is 11.0. The van der Waals surface area contributed by atoms with Gasteiger partial charge in [-0.05, 0) is 148 Å². The molecule has 33 heavy (non-hydrogen) atoms. The third kappa shape index (κ3) is 5.52. The first-order valence-corrected chi connectivity index (χ1v) is 13.3. The summed E-state index contributed by atoms with van der Waals surface area (Å²) in [6.45, 7) is 28.0. The molecule has 0 atom stereocenters. The molecule has 2 rings (SSSR count). The Morgan fingerprint density at radius 1 is 0.485 bits per heavy atom. The molecule has 0 heterocycles. The third-order valence-corrected chi connectivity index (χ3v) is 10.6. The minimum atomic E-state index is 0.00994. The Bertz CT molecular complexity index is 1050. The van der Waals surface area contributed by atoms with Gasteiger partial charge in [-0.15, -0.1) is 0 Å². The second-order valence-corrected chi connectivity index (χ2v) is 11.7. The van der Waals surface area contributed by atoms with Gasteiger partial charge in [-0.25, -0.2) is 0 Å². The number of carbonyl (C=O) groups excluding carboxylic acids is 2. The Morgan fingerprint density at radius 3 is 0.909 bits per heavy atom. The van der Waals surface area contributed by atoms with Gasteiger partial charge in [-0.3, -0.25) is 9.59 Å². The van der Waals surface area contributed by atoms with Crippen molar-refractivity contribution in [2.24, 2.45) is 0 Å². The lowest BCUT2D eigenvalue weighted by Gasteiger charge is -2.23. The van der Waals surface area contributed by atoms with Gasteiger partial charge < -0.3 is 0 Å². The van der Waals surface area contributed by atoms with Gasteiger partial charge in [0.2, 0.25) is 10.2 Å². The Balaban J connectivity index is 2.62.